The first-order valence-electron chi connectivity index (χ1n) is 1.99. The molecule has 0 N–H and O–H groups in total. The van der Waals surface area contributed by atoms with Crippen LogP contribution in [0.15, 0.2) is 23.4 Å². The van der Waals surface area contributed by atoms with Crippen molar-refractivity contribution >= 4 is 0 Å². The molecule has 0 atom stereocenters. The maximum atomic E-state index is 11.9. The van der Waals surface area contributed by atoms with E-state index in [4.69, 9.17) is 0 Å². The van der Waals surface area contributed by atoms with Crippen molar-refractivity contribution < 1.29 is 4.48 Å². The molecule has 0 unspecified atom stereocenters. The van der Waals surface area contributed by atoms with E-state index in [9.17, 15) is 9.28 Å². The predicted octanol–water partition coefficient (Wildman–Crippen LogP) is -0.0241. The third-order valence-corrected chi connectivity index (χ3v) is 0.682. The lowest BCUT2D eigenvalue weighted by atomic mass is 10.7. The van der Waals surface area contributed by atoms with Crippen LogP contribution in [0.1, 0.15) is 0 Å². The van der Waals surface area contributed by atoms with Gasteiger partial charge in [0.05, 0.1) is 0 Å². The molecule has 4 heteroatoms. The average molecular weight is 114 g/mol. The first kappa shape index (κ1) is 4.96. The van der Waals surface area contributed by atoms with Crippen LogP contribution >= 0.6 is 0 Å². The fourth-order valence-corrected chi connectivity index (χ4v) is 0.332. The van der Waals surface area contributed by atoms with Crippen LogP contribution in [0.4, 0.5) is 4.48 Å². The van der Waals surface area contributed by atoms with E-state index in [1.165, 1.54) is 6.20 Å². The molecule has 0 bridgehead atoms. The van der Waals surface area contributed by atoms with Gasteiger partial charge < -0.3 is 0 Å². The van der Waals surface area contributed by atoms with Gasteiger partial charge in [-0.25, -0.2) is 4.98 Å². The van der Waals surface area contributed by atoms with Gasteiger partial charge in [-0.05, 0) is 0 Å². The topological polar surface area (TPSA) is 34.9 Å². The minimum absolute atomic E-state index is 0.0833. The lowest BCUT2D eigenvalue weighted by Gasteiger charge is -1.82. The fourth-order valence-electron chi connectivity index (χ4n) is 0.332. The molecular formula is C4H3FN2O. The van der Waals surface area contributed by atoms with Crippen LogP contribution in [0.3, 0.4) is 0 Å². The highest BCUT2D eigenvalue weighted by molar-refractivity contribution is 4.78. The molecule has 0 amide bonds. The summed E-state index contributed by atoms with van der Waals surface area (Å²) >= 11 is 0. The monoisotopic (exact) mass is 114 g/mol. The highest BCUT2D eigenvalue weighted by atomic mass is 19.2. The van der Waals surface area contributed by atoms with E-state index in [0.717, 1.165) is 12.4 Å². The van der Waals surface area contributed by atoms with Gasteiger partial charge in [0.15, 0.2) is 0 Å². The summed E-state index contributed by atoms with van der Waals surface area (Å²) in [6, 6.07) is 1.04. The minimum Gasteiger partial charge on any atom is -0.267 e. The summed E-state index contributed by atoms with van der Waals surface area (Å²) in [7, 11) is 0. The largest absolute Gasteiger partial charge is 0.281 e. The van der Waals surface area contributed by atoms with Gasteiger partial charge in [-0.3, -0.25) is 4.79 Å². The molecule has 8 heavy (non-hydrogen) atoms. The Bertz CT molecular complexity index is 231. The number of hydrogen-bond acceptors (Lipinski definition) is 2. The molecule has 0 aliphatic heterocycles. The Hall–Kier alpha value is -1.19. The van der Waals surface area contributed by atoms with Crippen molar-refractivity contribution in [2.45, 2.75) is 0 Å². The van der Waals surface area contributed by atoms with E-state index < -0.39 is 5.56 Å². The van der Waals surface area contributed by atoms with Gasteiger partial charge in [0.2, 0.25) is 0 Å². The third kappa shape index (κ3) is 0.726. The van der Waals surface area contributed by atoms with Crippen molar-refractivity contribution in [3.8, 4) is 0 Å². The van der Waals surface area contributed by atoms with E-state index in [0.29, 0.717) is 0 Å². The molecular weight excluding hydrogens is 111 g/mol. The van der Waals surface area contributed by atoms with Gasteiger partial charge in [-0.2, -0.15) is 0 Å². The standard InChI is InChI=1S/C4H3FN2O/c5-7-3-6-2-1-4(7)8/h1-3H. The second-order valence-electron chi connectivity index (χ2n) is 1.23. The van der Waals surface area contributed by atoms with Crippen molar-refractivity contribution in [2.75, 3.05) is 0 Å². The Morgan fingerprint density at radius 3 is 2.88 bits per heavy atom. The van der Waals surface area contributed by atoms with Gasteiger partial charge in [0.1, 0.15) is 6.33 Å². The molecule has 1 heterocycles. The number of hydrogen-bond donors (Lipinski definition) is 0. The van der Waals surface area contributed by atoms with Gasteiger partial charge >= 0.3 is 0 Å². The molecule has 0 spiro atoms. The van der Waals surface area contributed by atoms with Crippen LogP contribution in [0.25, 0.3) is 0 Å². The zero-order valence-electron chi connectivity index (χ0n) is 3.91. The highest BCUT2D eigenvalue weighted by Crippen LogP contribution is 1.70. The molecule has 0 aliphatic carbocycles. The van der Waals surface area contributed by atoms with Crippen LogP contribution in [0.2, 0.25) is 0 Å². The minimum atomic E-state index is -0.694. The van der Waals surface area contributed by atoms with E-state index in [2.05, 4.69) is 4.98 Å². The molecule has 42 valence electrons. The van der Waals surface area contributed by atoms with Crippen LogP contribution in [-0.2, 0) is 0 Å². The lowest BCUT2D eigenvalue weighted by Crippen LogP contribution is -2.10. The Morgan fingerprint density at radius 2 is 2.50 bits per heavy atom. The molecule has 0 saturated heterocycles. The predicted molar refractivity (Wildman–Crippen MR) is 25.0 cm³/mol. The van der Waals surface area contributed by atoms with Crippen LogP contribution in [-0.4, -0.2) is 9.77 Å². The Balaban J connectivity index is 3.35. The van der Waals surface area contributed by atoms with E-state index in [1.54, 1.807) is 0 Å². The third-order valence-electron chi connectivity index (χ3n) is 0.682. The number of rotatable bonds is 0. The van der Waals surface area contributed by atoms with Crippen molar-refractivity contribution in [3.05, 3.63) is 28.9 Å². The molecule has 1 rings (SSSR count). The zero-order chi connectivity index (χ0) is 5.98. The van der Waals surface area contributed by atoms with Crippen molar-refractivity contribution in [1.29, 1.82) is 0 Å². The smallest absolute Gasteiger partial charge is 0.267 e. The number of halogens is 1. The maximum absolute atomic E-state index is 11.9. The summed E-state index contributed by atoms with van der Waals surface area (Å²) in [6.45, 7) is 0. The molecule has 1 aromatic rings. The highest BCUT2D eigenvalue weighted by Gasteiger charge is 1.85. The first-order chi connectivity index (χ1) is 3.80. The normalized spacial score (nSPS) is 9.12. The Morgan fingerprint density at radius 1 is 1.75 bits per heavy atom. The molecule has 0 aromatic carbocycles. The SMILES string of the molecule is O=c1ccncn1F. The molecule has 0 saturated carbocycles. The number of nitrogens with zero attached hydrogens (tertiary/aromatic N) is 2. The van der Waals surface area contributed by atoms with E-state index >= 15 is 0 Å². The second-order valence-corrected chi connectivity index (χ2v) is 1.23. The molecule has 0 fully saturated rings. The van der Waals surface area contributed by atoms with Crippen molar-refractivity contribution in [3.63, 3.8) is 0 Å². The zero-order valence-corrected chi connectivity index (χ0v) is 3.91. The van der Waals surface area contributed by atoms with E-state index in [-0.39, 0.29) is 4.79 Å². The van der Waals surface area contributed by atoms with Gasteiger partial charge in [0.25, 0.3) is 5.56 Å². The molecule has 3 nitrogen and oxygen atoms in total. The van der Waals surface area contributed by atoms with Gasteiger partial charge in [-0.1, -0.05) is 4.48 Å². The summed E-state index contributed by atoms with van der Waals surface area (Å²) in [5.41, 5.74) is -0.694. The Labute approximate surface area is 44.3 Å². The molecule has 1 aromatic heterocycles. The summed E-state index contributed by atoms with van der Waals surface area (Å²) < 4.78 is 11.9. The summed E-state index contributed by atoms with van der Waals surface area (Å²) in [6.07, 6.45) is 2.04. The van der Waals surface area contributed by atoms with Gasteiger partial charge in [0, 0.05) is 12.3 Å². The summed E-state index contributed by atoms with van der Waals surface area (Å²) in [5, 5.41) is 0. The number of aromatic nitrogens is 2. The quantitative estimate of drug-likeness (QED) is 0.475. The first-order valence-corrected chi connectivity index (χ1v) is 1.99. The Kier molecular flexibility index (Phi) is 1.07. The van der Waals surface area contributed by atoms with Crippen LogP contribution in [0.5, 0.6) is 0 Å². The molecule has 0 radical (unpaired) electrons. The van der Waals surface area contributed by atoms with Gasteiger partial charge in [-0.15, -0.1) is 4.79 Å². The lowest BCUT2D eigenvalue weighted by molar-refractivity contribution is 0.346. The maximum Gasteiger partial charge on any atom is 0.281 e. The molecule has 0 aliphatic rings. The van der Waals surface area contributed by atoms with Crippen LogP contribution in [0, 0.1) is 0 Å². The van der Waals surface area contributed by atoms with E-state index in [1.807, 2.05) is 0 Å². The second kappa shape index (κ2) is 1.73. The van der Waals surface area contributed by atoms with Crippen molar-refractivity contribution in [2.24, 2.45) is 0 Å². The van der Waals surface area contributed by atoms with Crippen LogP contribution < -0.4 is 5.56 Å². The fraction of sp³-hybridized carbons (Fsp3) is 0. The summed E-state index contributed by atoms with van der Waals surface area (Å²) in [5.74, 6) is 0. The average Bonchev–Trinajstić information content (AvgIpc) is 1.77. The van der Waals surface area contributed by atoms with Crippen molar-refractivity contribution in [1.82, 2.24) is 9.77 Å². The summed E-state index contributed by atoms with van der Waals surface area (Å²) in [4.78, 5) is 13.4.